The maximum Gasteiger partial charge on any atom is 0.503 e. The van der Waals surface area contributed by atoms with E-state index < -0.39 is 20.3 Å². The van der Waals surface area contributed by atoms with Crippen molar-refractivity contribution in [2.24, 2.45) is 0 Å². The number of nitrogens with zero attached hydrogens (tertiary/aromatic N) is 2. The molecule has 0 saturated carbocycles. The predicted molar refractivity (Wildman–Crippen MR) is 32.5 cm³/mol. The van der Waals surface area contributed by atoms with Crippen molar-refractivity contribution in [1.82, 2.24) is 0 Å². The molecule has 0 aliphatic carbocycles. The normalized spacial score (nSPS) is 11.5. The molecule has 0 amide bonds. The Kier molecular flexibility index (Phi) is 2.64. The zero-order chi connectivity index (χ0) is 9.99. The van der Waals surface area contributed by atoms with Crippen LogP contribution < -0.4 is 0 Å². The van der Waals surface area contributed by atoms with Crippen LogP contribution in [0.5, 0.6) is 0 Å². The topological polar surface area (TPSA) is 80.2 Å². The molecule has 4 nitrogen and oxygen atoms in total. The number of hydrogen-bond acceptors (Lipinski definition) is 3. The zero-order valence-corrected chi connectivity index (χ0v) is 6.07. The average Bonchev–Trinajstić information content (AvgIpc) is 1.87. The van der Waals surface area contributed by atoms with Crippen LogP contribution in [0.15, 0.2) is 4.91 Å². The number of halogens is 3. The Morgan fingerprint density at radius 2 is 1.83 bits per heavy atom. The van der Waals surface area contributed by atoms with E-state index >= 15 is 0 Å². The van der Waals surface area contributed by atoms with Crippen molar-refractivity contribution in [2.75, 3.05) is 0 Å². The van der Waals surface area contributed by atoms with Crippen LogP contribution in [-0.4, -0.2) is 19.8 Å². The number of hydrogen-bond donors (Lipinski definition) is 0. The lowest BCUT2D eigenvalue weighted by atomic mass is 10.7. The van der Waals surface area contributed by atoms with E-state index in [4.69, 9.17) is 10.7 Å². The molecule has 0 fully saturated rings. The lowest BCUT2D eigenvalue weighted by Crippen LogP contribution is -2.24. The Morgan fingerprint density at radius 3 is 1.92 bits per heavy atom. The largest absolute Gasteiger partial charge is 0.762 e. The lowest BCUT2D eigenvalue weighted by Gasteiger charge is -2.04. The van der Waals surface area contributed by atoms with Crippen LogP contribution in [0.2, 0.25) is 0 Å². The Bertz CT molecular complexity index is 368. The van der Waals surface area contributed by atoms with E-state index in [1.54, 1.807) is 0 Å². The summed E-state index contributed by atoms with van der Waals surface area (Å²) in [5.41, 5.74) is -5.59. The highest BCUT2D eigenvalue weighted by Crippen LogP contribution is 2.27. The Balaban J connectivity index is 5.50. The van der Waals surface area contributed by atoms with E-state index in [1.165, 1.54) is 0 Å². The fraction of sp³-hybridized carbons (Fsp3) is 0.250. The van der Waals surface area contributed by atoms with Crippen LogP contribution in [0.4, 0.5) is 13.2 Å². The van der Waals surface area contributed by atoms with Crippen LogP contribution in [0.1, 0.15) is 0 Å². The Morgan fingerprint density at radius 1 is 1.42 bits per heavy atom. The van der Waals surface area contributed by atoms with Gasteiger partial charge in [0.25, 0.3) is 9.84 Å². The minimum Gasteiger partial charge on any atom is -0.762 e. The zero-order valence-electron chi connectivity index (χ0n) is 5.25. The molecule has 0 bridgehead atoms. The van der Waals surface area contributed by atoms with Crippen LogP contribution in [0.3, 0.4) is 0 Å². The van der Waals surface area contributed by atoms with E-state index in [2.05, 4.69) is 0 Å². The molecule has 0 aromatic heterocycles. The summed E-state index contributed by atoms with van der Waals surface area (Å²) in [5.74, 6) is 0.646. The van der Waals surface area contributed by atoms with Crippen LogP contribution in [0.25, 0.3) is 5.41 Å². The van der Waals surface area contributed by atoms with Crippen molar-refractivity contribution in [3.05, 3.63) is 10.3 Å². The highest BCUT2D eigenvalue weighted by molar-refractivity contribution is 7.96. The van der Waals surface area contributed by atoms with E-state index in [0.29, 0.717) is 11.9 Å². The SMILES string of the molecule is N#CC(=C=[N-])S(=O)(=O)C(F)(F)F. The molecule has 0 aliphatic heterocycles. The first-order valence-corrected chi connectivity index (χ1v) is 3.74. The summed E-state index contributed by atoms with van der Waals surface area (Å²) >= 11 is 0. The quantitative estimate of drug-likeness (QED) is 0.455. The molecule has 0 unspecified atom stereocenters. The minimum absolute atomic E-state index is 0.646. The summed E-state index contributed by atoms with van der Waals surface area (Å²) < 4.78 is 55.1. The summed E-state index contributed by atoms with van der Waals surface area (Å²) in [6, 6.07) is 0.646. The maximum atomic E-state index is 11.5. The van der Waals surface area contributed by atoms with Crippen molar-refractivity contribution in [3.8, 4) is 6.07 Å². The van der Waals surface area contributed by atoms with Gasteiger partial charge in [-0.1, -0.05) is 0 Å². The standard InChI is InChI=1S/C4F3N2O2S/c5-4(6,7)12(10,11)3(1-8)2-9/q-1. The van der Waals surface area contributed by atoms with E-state index in [1.807, 2.05) is 0 Å². The van der Waals surface area contributed by atoms with Gasteiger partial charge in [-0.3, -0.25) is 0 Å². The second-order valence-corrected chi connectivity index (χ2v) is 3.38. The van der Waals surface area contributed by atoms with Gasteiger partial charge in [-0.25, -0.2) is 14.3 Å². The van der Waals surface area contributed by atoms with Gasteiger partial charge in [0, 0.05) is 0 Å². The summed E-state index contributed by atoms with van der Waals surface area (Å²) in [6.45, 7) is 0. The maximum absolute atomic E-state index is 11.5. The molecular formula is C4F3N2O2S-. The molecule has 0 rings (SSSR count). The Labute approximate surface area is 65.3 Å². The van der Waals surface area contributed by atoms with Crippen molar-refractivity contribution in [1.29, 1.82) is 5.26 Å². The summed E-state index contributed by atoms with van der Waals surface area (Å²) in [4.78, 5) is -1.85. The number of rotatable bonds is 1. The van der Waals surface area contributed by atoms with Crippen molar-refractivity contribution in [3.63, 3.8) is 0 Å². The number of allylic oxidation sites excluding steroid dienone is 1. The number of alkyl halides is 3. The third-order valence-corrected chi connectivity index (χ3v) is 2.11. The van der Waals surface area contributed by atoms with Crippen LogP contribution in [0, 0.1) is 11.3 Å². The minimum atomic E-state index is -5.74. The first-order chi connectivity index (χ1) is 5.27. The van der Waals surface area contributed by atoms with Gasteiger partial charge in [0.1, 0.15) is 6.07 Å². The molecule has 0 heterocycles. The molecule has 12 heavy (non-hydrogen) atoms. The van der Waals surface area contributed by atoms with Crippen molar-refractivity contribution < 1.29 is 21.6 Å². The predicted octanol–water partition coefficient (Wildman–Crippen LogP) is 0.568. The van der Waals surface area contributed by atoms with Crippen molar-refractivity contribution >= 4 is 15.7 Å². The van der Waals surface area contributed by atoms with Crippen LogP contribution in [-0.2, 0) is 9.84 Å². The number of sulfone groups is 1. The molecule has 0 saturated heterocycles. The molecule has 0 N–H and O–H groups in total. The molecule has 0 aromatic carbocycles. The highest BCUT2D eigenvalue weighted by Gasteiger charge is 2.48. The average molecular weight is 197 g/mol. The fourth-order valence-electron chi connectivity index (χ4n) is 0.261. The van der Waals surface area contributed by atoms with E-state index in [0.717, 1.165) is 0 Å². The second kappa shape index (κ2) is 2.97. The highest BCUT2D eigenvalue weighted by atomic mass is 32.2. The lowest BCUT2D eigenvalue weighted by molar-refractivity contribution is -0.0425. The summed E-state index contributed by atoms with van der Waals surface area (Å²) in [6.07, 6.45) is 0. The van der Waals surface area contributed by atoms with Gasteiger partial charge < -0.3 is 5.41 Å². The second-order valence-electron chi connectivity index (χ2n) is 1.50. The fourth-order valence-corrected chi connectivity index (χ4v) is 0.733. The van der Waals surface area contributed by atoms with Gasteiger partial charge >= 0.3 is 5.51 Å². The molecular weight excluding hydrogens is 197 g/mol. The van der Waals surface area contributed by atoms with E-state index in [-0.39, 0.29) is 0 Å². The summed E-state index contributed by atoms with van der Waals surface area (Å²) in [5, 5.41) is 15.7. The van der Waals surface area contributed by atoms with Gasteiger partial charge in [-0.2, -0.15) is 18.4 Å². The van der Waals surface area contributed by atoms with Gasteiger partial charge in [-0.15, -0.1) is 0 Å². The molecule has 8 heteroatoms. The molecule has 0 atom stereocenters. The van der Waals surface area contributed by atoms with Gasteiger partial charge in [0.2, 0.25) is 0 Å². The van der Waals surface area contributed by atoms with Gasteiger partial charge in [-0.05, 0) is 0 Å². The molecule has 0 aromatic rings. The molecule has 0 aliphatic rings. The van der Waals surface area contributed by atoms with Gasteiger partial charge in [0.05, 0.1) is 0 Å². The molecule has 0 spiro atoms. The molecule has 0 radical (unpaired) electrons. The summed E-state index contributed by atoms with van der Waals surface area (Å²) in [7, 11) is -5.74. The third kappa shape index (κ3) is 1.64. The van der Waals surface area contributed by atoms with Crippen molar-refractivity contribution in [2.45, 2.75) is 5.51 Å². The first-order valence-electron chi connectivity index (χ1n) is 2.26. The monoisotopic (exact) mass is 197 g/mol. The molecule has 66 valence electrons. The van der Waals surface area contributed by atoms with Gasteiger partial charge in [0.15, 0.2) is 4.91 Å². The number of nitriles is 1. The Hall–Kier alpha value is -1.32. The first kappa shape index (κ1) is 10.7. The smallest absolute Gasteiger partial charge is 0.503 e. The third-order valence-electron chi connectivity index (χ3n) is 0.777. The van der Waals surface area contributed by atoms with E-state index in [9.17, 15) is 21.6 Å². The van der Waals surface area contributed by atoms with Crippen LogP contribution >= 0.6 is 0 Å².